The second kappa shape index (κ2) is 4.55. The van der Waals surface area contributed by atoms with Crippen molar-refractivity contribution >= 4 is 11.6 Å². The Bertz CT molecular complexity index is 496. The Hall–Kier alpha value is -1.52. The van der Waals surface area contributed by atoms with Crippen LogP contribution in [-0.2, 0) is 6.61 Å². The summed E-state index contributed by atoms with van der Waals surface area (Å²) < 4.78 is 6.92. The number of hydrogen-bond acceptors (Lipinski definition) is 3. The Balaban J connectivity index is 2.40. The van der Waals surface area contributed by atoms with Gasteiger partial charge < -0.3 is 14.4 Å². The van der Waals surface area contributed by atoms with Gasteiger partial charge in [0.15, 0.2) is 0 Å². The monoisotopic (exact) mass is 238 g/mol. The fraction of sp³-hybridized carbons (Fsp3) is 0.182. The van der Waals surface area contributed by atoms with Crippen molar-refractivity contribution in [3.8, 4) is 11.4 Å². The first-order valence-corrected chi connectivity index (χ1v) is 5.10. The van der Waals surface area contributed by atoms with Crippen molar-refractivity contribution in [2.45, 2.75) is 6.61 Å². The van der Waals surface area contributed by atoms with Crippen LogP contribution in [0.15, 0.2) is 30.7 Å². The quantitative estimate of drug-likeness (QED) is 0.890. The number of aliphatic hydroxyl groups excluding tert-OH is 1. The number of rotatable bonds is 3. The number of hydrogen-bond donors (Lipinski definition) is 1. The Labute approximate surface area is 98.1 Å². The van der Waals surface area contributed by atoms with Crippen molar-refractivity contribution in [2.75, 3.05) is 7.11 Å². The lowest BCUT2D eigenvalue weighted by Gasteiger charge is -2.06. The molecule has 84 valence electrons. The predicted octanol–water partition coefficient (Wildman–Crippen LogP) is 2.03. The normalized spacial score (nSPS) is 10.4. The van der Waals surface area contributed by atoms with Gasteiger partial charge in [-0.25, -0.2) is 4.98 Å². The molecule has 0 amide bonds. The molecule has 0 atom stereocenters. The van der Waals surface area contributed by atoms with Gasteiger partial charge in [-0.3, -0.25) is 0 Å². The van der Waals surface area contributed by atoms with E-state index >= 15 is 0 Å². The van der Waals surface area contributed by atoms with Crippen molar-refractivity contribution < 1.29 is 9.84 Å². The number of aliphatic hydroxyl groups is 1. The van der Waals surface area contributed by atoms with Crippen molar-refractivity contribution in [1.29, 1.82) is 0 Å². The first-order chi connectivity index (χ1) is 7.74. The zero-order chi connectivity index (χ0) is 11.5. The van der Waals surface area contributed by atoms with Crippen LogP contribution in [0.25, 0.3) is 5.69 Å². The van der Waals surface area contributed by atoms with Gasteiger partial charge in [-0.15, -0.1) is 0 Å². The molecule has 0 spiro atoms. The largest absolute Gasteiger partial charge is 0.495 e. The van der Waals surface area contributed by atoms with Gasteiger partial charge in [-0.2, -0.15) is 0 Å². The van der Waals surface area contributed by atoms with Crippen LogP contribution >= 0.6 is 11.6 Å². The van der Waals surface area contributed by atoms with Crippen LogP contribution in [0.3, 0.4) is 0 Å². The summed E-state index contributed by atoms with van der Waals surface area (Å²) in [6.07, 6.45) is 3.39. The highest BCUT2D eigenvalue weighted by Crippen LogP contribution is 2.26. The lowest BCUT2D eigenvalue weighted by molar-refractivity contribution is 0.277. The third-order valence-electron chi connectivity index (χ3n) is 2.23. The second-order valence-electron chi connectivity index (χ2n) is 3.25. The van der Waals surface area contributed by atoms with Gasteiger partial charge in [0.2, 0.25) is 0 Å². The molecule has 1 N–H and O–H groups in total. The van der Waals surface area contributed by atoms with Crippen LogP contribution in [-0.4, -0.2) is 21.8 Å². The van der Waals surface area contributed by atoms with Crippen LogP contribution in [0.2, 0.25) is 5.02 Å². The molecule has 16 heavy (non-hydrogen) atoms. The fourth-order valence-electron chi connectivity index (χ4n) is 1.40. The van der Waals surface area contributed by atoms with Gasteiger partial charge in [0.05, 0.1) is 36.4 Å². The maximum atomic E-state index is 8.92. The van der Waals surface area contributed by atoms with Crippen LogP contribution in [0.5, 0.6) is 5.75 Å². The van der Waals surface area contributed by atoms with E-state index in [4.69, 9.17) is 21.4 Å². The third-order valence-corrected chi connectivity index (χ3v) is 2.54. The van der Waals surface area contributed by atoms with Gasteiger partial charge in [-0.1, -0.05) is 11.6 Å². The van der Waals surface area contributed by atoms with E-state index in [1.165, 1.54) is 0 Å². The summed E-state index contributed by atoms with van der Waals surface area (Å²) in [5, 5.41) is 9.48. The minimum Gasteiger partial charge on any atom is -0.495 e. The Morgan fingerprint density at radius 3 is 2.94 bits per heavy atom. The Kier molecular flexibility index (Phi) is 3.12. The molecule has 0 aliphatic heterocycles. The van der Waals surface area contributed by atoms with Crippen LogP contribution < -0.4 is 4.74 Å². The van der Waals surface area contributed by atoms with E-state index in [1.807, 2.05) is 12.1 Å². The summed E-state index contributed by atoms with van der Waals surface area (Å²) in [7, 11) is 1.57. The second-order valence-corrected chi connectivity index (χ2v) is 3.66. The van der Waals surface area contributed by atoms with Gasteiger partial charge in [-0.05, 0) is 12.1 Å². The number of nitrogens with zero attached hydrogens (tertiary/aromatic N) is 2. The highest BCUT2D eigenvalue weighted by Gasteiger charge is 2.04. The molecule has 0 radical (unpaired) electrons. The number of halogens is 1. The standard InChI is InChI=1S/C11H11ClN2O2/c1-16-11-4-9(2-3-10(11)12)14-5-8(6-15)13-7-14/h2-5,7,15H,6H2,1H3. The molecule has 1 aromatic carbocycles. The van der Waals surface area contributed by atoms with Crippen molar-refractivity contribution in [3.63, 3.8) is 0 Å². The van der Waals surface area contributed by atoms with Gasteiger partial charge in [0.1, 0.15) is 5.75 Å². The fourth-order valence-corrected chi connectivity index (χ4v) is 1.59. The first kappa shape index (κ1) is 11.0. The van der Waals surface area contributed by atoms with E-state index in [1.54, 1.807) is 30.3 Å². The Morgan fingerprint density at radius 2 is 2.31 bits per heavy atom. The zero-order valence-corrected chi connectivity index (χ0v) is 9.48. The molecule has 0 aliphatic carbocycles. The van der Waals surface area contributed by atoms with E-state index in [9.17, 15) is 0 Å². The first-order valence-electron chi connectivity index (χ1n) is 4.72. The van der Waals surface area contributed by atoms with Gasteiger partial charge in [0, 0.05) is 12.3 Å². The van der Waals surface area contributed by atoms with Gasteiger partial charge >= 0.3 is 0 Å². The molecule has 0 aliphatic rings. The average Bonchev–Trinajstić information content (AvgIpc) is 2.78. The topological polar surface area (TPSA) is 47.3 Å². The molecule has 2 aromatic rings. The van der Waals surface area contributed by atoms with E-state index in [2.05, 4.69) is 4.98 Å². The average molecular weight is 239 g/mol. The molecule has 2 rings (SSSR count). The van der Waals surface area contributed by atoms with Crippen molar-refractivity contribution in [2.24, 2.45) is 0 Å². The summed E-state index contributed by atoms with van der Waals surface area (Å²) in [6.45, 7) is -0.0717. The van der Waals surface area contributed by atoms with E-state index in [0.717, 1.165) is 5.69 Å². The molecule has 0 fully saturated rings. The maximum absolute atomic E-state index is 8.92. The molecular weight excluding hydrogens is 228 g/mol. The molecule has 0 bridgehead atoms. The summed E-state index contributed by atoms with van der Waals surface area (Å²) in [4.78, 5) is 4.03. The summed E-state index contributed by atoms with van der Waals surface area (Å²) in [5.41, 5.74) is 1.50. The smallest absolute Gasteiger partial charge is 0.139 e. The number of benzene rings is 1. The van der Waals surface area contributed by atoms with Crippen molar-refractivity contribution in [3.05, 3.63) is 41.4 Å². The molecule has 0 saturated heterocycles. The van der Waals surface area contributed by atoms with E-state index in [0.29, 0.717) is 16.5 Å². The SMILES string of the molecule is COc1cc(-n2cnc(CO)c2)ccc1Cl. The zero-order valence-electron chi connectivity index (χ0n) is 8.72. The molecular formula is C11H11ClN2O2. The number of aromatic nitrogens is 2. The number of ether oxygens (including phenoxy) is 1. The molecule has 5 heteroatoms. The highest BCUT2D eigenvalue weighted by atomic mass is 35.5. The van der Waals surface area contributed by atoms with E-state index < -0.39 is 0 Å². The van der Waals surface area contributed by atoms with Crippen LogP contribution in [0.1, 0.15) is 5.69 Å². The third kappa shape index (κ3) is 2.03. The summed E-state index contributed by atoms with van der Waals surface area (Å²) >= 11 is 5.93. The maximum Gasteiger partial charge on any atom is 0.139 e. The Morgan fingerprint density at radius 1 is 1.50 bits per heavy atom. The molecule has 0 unspecified atom stereocenters. The van der Waals surface area contributed by atoms with Gasteiger partial charge in [0.25, 0.3) is 0 Å². The van der Waals surface area contributed by atoms with Crippen LogP contribution in [0, 0.1) is 0 Å². The number of methoxy groups -OCH3 is 1. The summed E-state index contributed by atoms with van der Waals surface area (Å²) in [5.74, 6) is 0.610. The lowest BCUT2D eigenvalue weighted by Crippen LogP contribution is -1.92. The predicted molar refractivity (Wildman–Crippen MR) is 61.0 cm³/mol. The van der Waals surface area contributed by atoms with E-state index in [-0.39, 0.29) is 6.61 Å². The molecule has 1 heterocycles. The molecule has 0 saturated carbocycles. The highest BCUT2D eigenvalue weighted by molar-refractivity contribution is 6.32. The molecule has 4 nitrogen and oxygen atoms in total. The number of imidazole rings is 1. The minimum absolute atomic E-state index is 0.0717. The molecule has 1 aromatic heterocycles. The van der Waals surface area contributed by atoms with Crippen LogP contribution in [0.4, 0.5) is 0 Å². The van der Waals surface area contributed by atoms with Crippen molar-refractivity contribution in [1.82, 2.24) is 9.55 Å². The minimum atomic E-state index is -0.0717. The lowest BCUT2D eigenvalue weighted by atomic mass is 10.3. The summed E-state index contributed by atoms with van der Waals surface area (Å²) in [6, 6.07) is 5.42.